The molecule has 0 heterocycles. The second-order valence-electron chi connectivity index (χ2n) is 2.56. The number of unbranched alkanes of at least 4 members (excludes halogenated alkanes) is 1. The Balaban J connectivity index is 2.99. The van der Waals surface area contributed by atoms with E-state index in [4.69, 9.17) is 5.26 Å². The lowest BCUT2D eigenvalue weighted by Gasteiger charge is -2.03. The molecule has 0 fully saturated rings. The molecule has 0 radical (unpaired) electrons. The van der Waals surface area contributed by atoms with Gasteiger partial charge in [-0.2, -0.15) is 5.26 Å². The van der Waals surface area contributed by atoms with Crippen LogP contribution in [0.5, 0.6) is 0 Å². The van der Waals surface area contributed by atoms with E-state index >= 15 is 0 Å². The number of rotatable bonds is 4. The van der Waals surface area contributed by atoms with Gasteiger partial charge in [0.05, 0.1) is 6.07 Å². The molecule has 1 atom stereocenters. The van der Waals surface area contributed by atoms with Gasteiger partial charge in [0.2, 0.25) is 0 Å². The van der Waals surface area contributed by atoms with E-state index in [-0.39, 0.29) is 0 Å². The maximum Gasteiger partial charge on any atom is 0.0621 e. The highest BCUT2D eigenvalue weighted by Gasteiger charge is 1.96. The lowest BCUT2D eigenvalue weighted by molar-refractivity contribution is 0.499. The van der Waals surface area contributed by atoms with Crippen LogP contribution in [0.4, 0.5) is 0 Å². The monoisotopic (exact) mass is 125 g/mol. The summed E-state index contributed by atoms with van der Waals surface area (Å²) in [5.41, 5.74) is 0. The highest BCUT2D eigenvalue weighted by molar-refractivity contribution is 4.68. The zero-order chi connectivity index (χ0) is 7.11. The molecule has 0 bridgehead atoms. The molecule has 9 heavy (non-hydrogen) atoms. The molecule has 1 nitrogen and oxygen atoms in total. The molecule has 0 aromatic carbocycles. The summed E-state index contributed by atoms with van der Waals surface area (Å²) in [7, 11) is 0. The molecular weight excluding hydrogens is 110 g/mol. The Morgan fingerprint density at radius 1 is 1.56 bits per heavy atom. The predicted octanol–water partition coefficient (Wildman–Crippen LogP) is 2.73. The van der Waals surface area contributed by atoms with Gasteiger partial charge in [0.15, 0.2) is 0 Å². The van der Waals surface area contributed by atoms with Crippen molar-refractivity contribution in [2.24, 2.45) is 5.92 Å². The fourth-order valence-electron chi connectivity index (χ4n) is 0.734. The van der Waals surface area contributed by atoms with Crippen LogP contribution in [-0.4, -0.2) is 0 Å². The van der Waals surface area contributed by atoms with E-state index in [1.165, 1.54) is 12.8 Å². The van der Waals surface area contributed by atoms with Crippen molar-refractivity contribution in [3.63, 3.8) is 0 Å². The largest absolute Gasteiger partial charge is 0.198 e. The standard InChI is InChI=1S/C8H15N/c1-3-8(2)6-4-5-7-9/h8H,3-6H2,1-2H3. The SMILES string of the molecule is CCC(C)CCCC#N. The summed E-state index contributed by atoms with van der Waals surface area (Å²) in [6, 6.07) is 2.15. The Kier molecular flexibility index (Phi) is 5.30. The minimum atomic E-state index is 0.727. The highest BCUT2D eigenvalue weighted by Crippen LogP contribution is 2.09. The lowest BCUT2D eigenvalue weighted by atomic mass is 10.0. The maximum absolute atomic E-state index is 8.20. The van der Waals surface area contributed by atoms with Crippen molar-refractivity contribution in [2.75, 3.05) is 0 Å². The third kappa shape index (κ3) is 5.36. The minimum Gasteiger partial charge on any atom is -0.198 e. The average molecular weight is 125 g/mol. The topological polar surface area (TPSA) is 23.8 Å². The molecule has 0 saturated heterocycles. The quantitative estimate of drug-likeness (QED) is 0.530. The molecule has 0 aliphatic heterocycles. The third-order valence-electron chi connectivity index (χ3n) is 1.68. The van der Waals surface area contributed by atoms with Gasteiger partial charge < -0.3 is 0 Å². The summed E-state index contributed by atoms with van der Waals surface area (Å²) in [6.45, 7) is 4.43. The van der Waals surface area contributed by atoms with E-state index < -0.39 is 0 Å². The van der Waals surface area contributed by atoms with Crippen LogP contribution in [0.1, 0.15) is 39.5 Å². The van der Waals surface area contributed by atoms with Crippen LogP contribution in [0.3, 0.4) is 0 Å². The maximum atomic E-state index is 8.20. The Bertz CT molecular complexity index is 91.2. The number of nitriles is 1. The van der Waals surface area contributed by atoms with Gasteiger partial charge in [-0.25, -0.2) is 0 Å². The molecule has 0 saturated carbocycles. The molecule has 1 heteroatoms. The highest BCUT2D eigenvalue weighted by atomic mass is 14.2. The Labute approximate surface area is 57.7 Å². The third-order valence-corrected chi connectivity index (χ3v) is 1.68. The van der Waals surface area contributed by atoms with Crippen LogP contribution >= 0.6 is 0 Å². The zero-order valence-corrected chi connectivity index (χ0v) is 6.35. The summed E-state index contributed by atoms with van der Waals surface area (Å²) in [5, 5.41) is 8.20. The minimum absolute atomic E-state index is 0.727. The van der Waals surface area contributed by atoms with Gasteiger partial charge in [0, 0.05) is 6.42 Å². The first kappa shape index (κ1) is 8.49. The van der Waals surface area contributed by atoms with Gasteiger partial charge in [-0.05, 0) is 18.8 Å². The van der Waals surface area contributed by atoms with Gasteiger partial charge >= 0.3 is 0 Å². The molecule has 1 unspecified atom stereocenters. The van der Waals surface area contributed by atoms with Crippen LogP contribution in [0.2, 0.25) is 0 Å². The van der Waals surface area contributed by atoms with E-state index in [1.807, 2.05) is 0 Å². The Hall–Kier alpha value is -0.510. The van der Waals surface area contributed by atoms with Crippen LogP contribution < -0.4 is 0 Å². The lowest BCUT2D eigenvalue weighted by Crippen LogP contribution is -1.90. The first-order valence-corrected chi connectivity index (χ1v) is 3.68. The summed E-state index contributed by atoms with van der Waals surface area (Å²) in [4.78, 5) is 0. The summed E-state index contributed by atoms with van der Waals surface area (Å²) >= 11 is 0. The molecule has 0 aliphatic rings. The zero-order valence-electron chi connectivity index (χ0n) is 6.35. The van der Waals surface area contributed by atoms with E-state index in [1.54, 1.807) is 0 Å². The molecule has 0 N–H and O–H groups in total. The van der Waals surface area contributed by atoms with E-state index in [0.29, 0.717) is 0 Å². The summed E-state index contributed by atoms with van der Waals surface area (Å²) in [6.07, 6.45) is 4.26. The van der Waals surface area contributed by atoms with Crippen molar-refractivity contribution in [3.05, 3.63) is 0 Å². The smallest absolute Gasteiger partial charge is 0.0621 e. The first-order valence-electron chi connectivity index (χ1n) is 3.68. The molecule has 0 rings (SSSR count). The van der Waals surface area contributed by atoms with Crippen molar-refractivity contribution in [3.8, 4) is 6.07 Å². The molecule has 0 amide bonds. The van der Waals surface area contributed by atoms with Crippen LogP contribution in [0, 0.1) is 17.2 Å². The molecule has 0 aliphatic carbocycles. The molecule has 52 valence electrons. The Morgan fingerprint density at radius 3 is 2.67 bits per heavy atom. The van der Waals surface area contributed by atoms with Crippen molar-refractivity contribution >= 4 is 0 Å². The molecule has 0 aromatic rings. The number of hydrogen-bond acceptors (Lipinski definition) is 1. The Morgan fingerprint density at radius 2 is 2.22 bits per heavy atom. The predicted molar refractivity (Wildman–Crippen MR) is 38.9 cm³/mol. The molecule has 0 spiro atoms. The van der Waals surface area contributed by atoms with Crippen molar-refractivity contribution < 1.29 is 0 Å². The van der Waals surface area contributed by atoms with Crippen LogP contribution in [-0.2, 0) is 0 Å². The summed E-state index contributed by atoms with van der Waals surface area (Å²) in [5.74, 6) is 0.804. The van der Waals surface area contributed by atoms with E-state index in [2.05, 4.69) is 19.9 Å². The number of nitrogens with zero attached hydrogens (tertiary/aromatic N) is 1. The molecular formula is C8H15N. The van der Waals surface area contributed by atoms with Gasteiger partial charge in [0.1, 0.15) is 0 Å². The van der Waals surface area contributed by atoms with E-state index in [0.717, 1.165) is 18.8 Å². The van der Waals surface area contributed by atoms with Crippen molar-refractivity contribution in [1.82, 2.24) is 0 Å². The normalized spacial score (nSPS) is 12.6. The van der Waals surface area contributed by atoms with Crippen LogP contribution in [0.15, 0.2) is 0 Å². The second-order valence-corrected chi connectivity index (χ2v) is 2.56. The average Bonchev–Trinajstić information content (AvgIpc) is 1.89. The fourth-order valence-corrected chi connectivity index (χ4v) is 0.734. The van der Waals surface area contributed by atoms with Gasteiger partial charge in [-0.15, -0.1) is 0 Å². The van der Waals surface area contributed by atoms with Gasteiger partial charge in [0.25, 0.3) is 0 Å². The van der Waals surface area contributed by atoms with Crippen molar-refractivity contribution in [2.45, 2.75) is 39.5 Å². The fraction of sp³-hybridized carbons (Fsp3) is 0.875. The second kappa shape index (κ2) is 5.62. The van der Waals surface area contributed by atoms with Gasteiger partial charge in [-0.1, -0.05) is 20.3 Å². The molecule has 0 aromatic heterocycles. The first-order chi connectivity index (χ1) is 4.31. The van der Waals surface area contributed by atoms with Crippen molar-refractivity contribution in [1.29, 1.82) is 5.26 Å². The van der Waals surface area contributed by atoms with E-state index in [9.17, 15) is 0 Å². The van der Waals surface area contributed by atoms with Crippen LogP contribution in [0.25, 0.3) is 0 Å². The number of hydrogen-bond donors (Lipinski definition) is 0. The van der Waals surface area contributed by atoms with Gasteiger partial charge in [-0.3, -0.25) is 0 Å². The summed E-state index contributed by atoms with van der Waals surface area (Å²) < 4.78 is 0.